The number of fused-ring (bicyclic) bond motifs is 1. The van der Waals surface area contributed by atoms with Crippen LogP contribution in [0.1, 0.15) is 50.9 Å². The van der Waals surface area contributed by atoms with Crippen molar-refractivity contribution in [1.82, 2.24) is 14.9 Å². The van der Waals surface area contributed by atoms with Crippen LogP contribution in [-0.4, -0.2) is 47.1 Å². The van der Waals surface area contributed by atoms with Crippen molar-refractivity contribution in [2.45, 2.75) is 58.9 Å². The van der Waals surface area contributed by atoms with Crippen LogP contribution in [0.15, 0.2) is 5.38 Å². The summed E-state index contributed by atoms with van der Waals surface area (Å²) in [5.74, 6) is 2.76. The lowest BCUT2D eigenvalue weighted by Crippen LogP contribution is -2.47. The maximum Gasteiger partial charge on any atom is 0.141 e. The van der Waals surface area contributed by atoms with Crippen LogP contribution in [0.4, 0.5) is 5.82 Å². The number of hydrogen-bond donors (Lipinski definition) is 0. The first-order valence-corrected chi connectivity index (χ1v) is 10.7. The van der Waals surface area contributed by atoms with E-state index >= 15 is 0 Å². The van der Waals surface area contributed by atoms with Gasteiger partial charge in [0.15, 0.2) is 0 Å². The van der Waals surface area contributed by atoms with E-state index in [1.54, 1.807) is 11.3 Å². The van der Waals surface area contributed by atoms with Gasteiger partial charge in [-0.1, -0.05) is 13.8 Å². The molecule has 0 amide bonds. The summed E-state index contributed by atoms with van der Waals surface area (Å²) in [5, 5.41) is 3.64. The molecule has 25 heavy (non-hydrogen) atoms. The average Bonchev–Trinajstić information content (AvgIpc) is 3.24. The van der Waals surface area contributed by atoms with E-state index in [4.69, 9.17) is 9.97 Å². The lowest BCUT2D eigenvalue weighted by Gasteiger charge is -2.38. The molecule has 2 aromatic heterocycles. The highest BCUT2D eigenvalue weighted by Gasteiger charge is 2.29. The lowest BCUT2D eigenvalue weighted by atomic mass is 10.0. The normalized spacial score (nSPS) is 22.4. The molecule has 0 radical (unpaired) electrons. The van der Waals surface area contributed by atoms with Crippen LogP contribution in [0.3, 0.4) is 0 Å². The van der Waals surface area contributed by atoms with E-state index in [0.717, 1.165) is 25.3 Å². The van der Waals surface area contributed by atoms with E-state index in [2.05, 4.69) is 29.0 Å². The van der Waals surface area contributed by atoms with E-state index in [9.17, 15) is 0 Å². The minimum atomic E-state index is 0.658. The SMILES string of the molecule is Cc1nc(N2CCCC(N3CCCC3)C2)c2c(CC(C)C)csc2n1. The molecular formula is C20H30N4S. The Bertz CT molecular complexity index is 733. The van der Waals surface area contributed by atoms with Crippen LogP contribution in [-0.2, 0) is 6.42 Å². The first-order valence-electron chi connectivity index (χ1n) is 9.85. The standard InChI is InChI=1S/C20H30N4S/c1-14(2)11-16-13-25-20-18(16)19(21-15(3)22-20)24-10-6-7-17(12-24)23-8-4-5-9-23/h13-14,17H,4-12H2,1-3H3. The number of hydrogen-bond acceptors (Lipinski definition) is 5. The first kappa shape index (κ1) is 17.2. The van der Waals surface area contributed by atoms with Gasteiger partial charge in [-0.25, -0.2) is 9.97 Å². The van der Waals surface area contributed by atoms with Crippen LogP contribution in [0.2, 0.25) is 0 Å². The molecule has 2 aliphatic heterocycles. The number of aryl methyl sites for hydroxylation is 1. The molecule has 0 spiro atoms. The predicted molar refractivity (Wildman–Crippen MR) is 107 cm³/mol. The summed E-state index contributed by atoms with van der Waals surface area (Å²) < 4.78 is 0. The van der Waals surface area contributed by atoms with E-state index in [0.29, 0.717) is 12.0 Å². The van der Waals surface area contributed by atoms with Gasteiger partial charge in [0.25, 0.3) is 0 Å². The molecule has 4 nitrogen and oxygen atoms in total. The number of thiophene rings is 1. The molecule has 0 N–H and O–H groups in total. The molecule has 4 heterocycles. The van der Waals surface area contributed by atoms with Gasteiger partial charge in [0.2, 0.25) is 0 Å². The van der Waals surface area contributed by atoms with Crippen molar-refractivity contribution in [3.63, 3.8) is 0 Å². The zero-order valence-corrected chi connectivity index (χ0v) is 16.6. The number of likely N-dealkylation sites (tertiary alicyclic amines) is 1. The number of rotatable bonds is 4. The number of piperidine rings is 1. The summed E-state index contributed by atoms with van der Waals surface area (Å²) in [5.41, 5.74) is 1.44. The van der Waals surface area contributed by atoms with Gasteiger partial charge in [0.05, 0.1) is 5.39 Å². The van der Waals surface area contributed by atoms with Crippen molar-refractivity contribution in [3.05, 3.63) is 16.8 Å². The molecule has 2 aliphatic rings. The Morgan fingerprint density at radius 1 is 1.16 bits per heavy atom. The Labute approximate surface area is 155 Å². The summed E-state index contributed by atoms with van der Waals surface area (Å²) >= 11 is 1.79. The minimum absolute atomic E-state index is 0.658. The molecule has 4 rings (SSSR count). The van der Waals surface area contributed by atoms with Gasteiger partial charge >= 0.3 is 0 Å². The first-order chi connectivity index (χ1) is 12.1. The van der Waals surface area contributed by atoms with Crippen LogP contribution in [0, 0.1) is 12.8 Å². The molecule has 2 saturated heterocycles. The lowest BCUT2D eigenvalue weighted by molar-refractivity contribution is 0.215. The topological polar surface area (TPSA) is 32.3 Å². The molecule has 136 valence electrons. The summed E-state index contributed by atoms with van der Waals surface area (Å²) in [4.78, 5) is 16.1. The Balaban J connectivity index is 1.68. The smallest absolute Gasteiger partial charge is 0.141 e. The predicted octanol–water partition coefficient (Wildman–Crippen LogP) is 4.26. The van der Waals surface area contributed by atoms with Crippen molar-refractivity contribution in [2.75, 3.05) is 31.1 Å². The Morgan fingerprint density at radius 2 is 1.96 bits per heavy atom. The van der Waals surface area contributed by atoms with Crippen molar-refractivity contribution in [3.8, 4) is 0 Å². The molecular weight excluding hydrogens is 328 g/mol. The molecule has 0 aliphatic carbocycles. The third-order valence-corrected chi connectivity index (χ3v) is 6.50. The highest BCUT2D eigenvalue weighted by Crippen LogP contribution is 2.35. The largest absolute Gasteiger partial charge is 0.354 e. The molecule has 2 aromatic rings. The molecule has 2 fully saturated rings. The van der Waals surface area contributed by atoms with E-state index in [1.807, 2.05) is 6.92 Å². The third kappa shape index (κ3) is 3.54. The van der Waals surface area contributed by atoms with Crippen molar-refractivity contribution >= 4 is 27.4 Å². The van der Waals surface area contributed by atoms with Gasteiger partial charge in [-0.15, -0.1) is 11.3 Å². The molecule has 5 heteroatoms. The van der Waals surface area contributed by atoms with Gasteiger partial charge in [-0.05, 0) is 69.0 Å². The summed E-state index contributed by atoms with van der Waals surface area (Å²) in [7, 11) is 0. The number of nitrogens with zero attached hydrogens (tertiary/aromatic N) is 4. The van der Waals surface area contributed by atoms with Crippen LogP contribution < -0.4 is 4.90 Å². The van der Waals surface area contributed by atoms with Crippen LogP contribution in [0.25, 0.3) is 10.2 Å². The molecule has 1 unspecified atom stereocenters. The van der Waals surface area contributed by atoms with Crippen molar-refractivity contribution in [2.24, 2.45) is 5.92 Å². The molecule has 0 aromatic carbocycles. The second-order valence-electron chi connectivity index (χ2n) is 8.12. The van der Waals surface area contributed by atoms with E-state index < -0.39 is 0 Å². The van der Waals surface area contributed by atoms with Crippen molar-refractivity contribution < 1.29 is 0 Å². The van der Waals surface area contributed by atoms with Crippen LogP contribution >= 0.6 is 11.3 Å². The Morgan fingerprint density at radius 3 is 2.72 bits per heavy atom. The Hall–Kier alpha value is -1.20. The minimum Gasteiger partial charge on any atom is -0.354 e. The average molecular weight is 359 g/mol. The van der Waals surface area contributed by atoms with Crippen LogP contribution in [0.5, 0.6) is 0 Å². The van der Waals surface area contributed by atoms with Gasteiger partial charge in [-0.2, -0.15) is 0 Å². The zero-order chi connectivity index (χ0) is 17.4. The quantitative estimate of drug-likeness (QED) is 0.817. The second-order valence-corrected chi connectivity index (χ2v) is 8.98. The third-order valence-electron chi connectivity index (χ3n) is 5.58. The summed E-state index contributed by atoms with van der Waals surface area (Å²) in [6, 6.07) is 0.703. The Kier molecular flexibility index (Phi) is 4.96. The van der Waals surface area contributed by atoms with E-state index in [1.165, 1.54) is 60.4 Å². The number of anilines is 1. The van der Waals surface area contributed by atoms with E-state index in [-0.39, 0.29) is 0 Å². The second kappa shape index (κ2) is 7.20. The fraction of sp³-hybridized carbons (Fsp3) is 0.700. The monoisotopic (exact) mass is 358 g/mol. The maximum absolute atomic E-state index is 4.93. The highest BCUT2D eigenvalue weighted by atomic mass is 32.1. The molecule has 1 atom stereocenters. The fourth-order valence-corrected chi connectivity index (χ4v) is 5.45. The van der Waals surface area contributed by atoms with Crippen molar-refractivity contribution in [1.29, 1.82) is 0 Å². The summed E-state index contributed by atoms with van der Waals surface area (Å²) in [6.07, 6.45) is 6.47. The van der Waals surface area contributed by atoms with Gasteiger partial charge < -0.3 is 4.90 Å². The maximum atomic E-state index is 4.93. The molecule has 0 bridgehead atoms. The molecule has 0 saturated carbocycles. The number of aromatic nitrogens is 2. The van der Waals surface area contributed by atoms with Gasteiger partial charge in [0, 0.05) is 19.1 Å². The highest BCUT2D eigenvalue weighted by molar-refractivity contribution is 7.17. The zero-order valence-electron chi connectivity index (χ0n) is 15.8. The van der Waals surface area contributed by atoms with Gasteiger partial charge in [-0.3, -0.25) is 4.90 Å². The fourth-order valence-electron chi connectivity index (χ4n) is 4.46. The van der Waals surface area contributed by atoms with Gasteiger partial charge in [0.1, 0.15) is 16.5 Å². The summed E-state index contributed by atoms with van der Waals surface area (Å²) in [6.45, 7) is 11.5.